The molecule has 0 saturated heterocycles. The van der Waals surface area contributed by atoms with E-state index in [-0.39, 0.29) is 24.1 Å². The Morgan fingerprint density at radius 3 is 2.38 bits per heavy atom. The third-order valence-corrected chi connectivity index (χ3v) is 4.70. The summed E-state index contributed by atoms with van der Waals surface area (Å²) in [6, 6.07) is 14.1. The Morgan fingerprint density at radius 2 is 1.73 bits per heavy atom. The summed E-state index contributed by atoms with van der Waals surface area (Å²) in [6.07, 6.45) is 1.12. The van der Waals surface area contributed by atoms with Crippen molar-refractivity contribution < 1.29 is 18.0 Å². The lowest BCUT2D eigenvalue weighted by Crippen LogP contribution is -2.28. The first-order chi connectivity index (χ1) is 12.2. The van der Waals surface area contributed by atoms with Crippen molar-refractivity contribution in [3.05, 3.63) is 59.7 Å². The fraction of sp³-hybridized carbons (Fsp3) is 0.263. The van der Waals surface area contributed by atoms with E-state index in [0.717, 1.165) is 17.4 Å². The van der Waals surface area contributed by atoms with Gasteiger partial charge in [-0.25, -0.2) is 8.42 Å². The fourth-order valence-electron chi connectivity index (χ4n) is 2.44. The Morgan fingerprint density at radius 1 is 1.04 bits per heavy atom. The highest BCUT2D eigenvalue weighted by atomic mass is 32.2. The lowest BCUT2D eigenvalue weighted by Gasteiger charge is -2.14. The van der Waals surface area contributed by atoms with Gasteiger partial charge in [0.15, 0.2) is 0 Å². The zero-order valence-corrected chi connectivity index (χ0v) is 15.8. The number of carbonyl (C=O) groups excluding carboxylic acids is 2. The van der Waals surface area contributed by atoms with Crippen LogP contribution in [-0.4, -0.2) is 57.8 Å². The van der Waals surface area contributed by atoms with Crippen LogP contribution in [0.15, 0.2) is 48.5 Å². The number of nitrogens with zero attached hydrogens (tertiary/aromatic N) is 1. The van der Waals surface area contributed by atoms with Gasteiger partial charge in [-0.3, -0.25) is 9.59 Å². The molecule has 0 heterocycles. The highest BCUT2D eigenvalue weighted by Crippen LogP contribution is 2.25. The lowest BCUT2D eigenvalue weighted by molar-refractivity contribution is 0.0828. The van der Waals surface area contributed by atoms with Crippen LogP contribution in [0.5, 0.6) is 0 Å². The monoisotopic (exact) mass is 374 g/mol. The van der Waals surface area contributed by atoms with E-state index < -0.39 is 9.84 Å². The molecule has 138 valence electrons. The molecule has 7 heteroatoms. The average molecular weight is 374 g/mol. The third kappa shape index (κ3) is 5.16. The standard InChI is InChI=1S/C19H22N2O4S/c1-21(2)19(23)17-10-5-4-9-16(17)14-7-6-8-15(13-14)18(22)20-11-12-26(3,24)25/h4-10,13H,11-12H2,1-3H3,(H,20,22). The van der Waals surface area contributed by atoms with Crippen molar-refractivity contribution in [3.8, 4) is 11.1 Å². The first kappa shape index (κ1) is 19.7. The van der Waals surface area contributed by atoms with E-state index >= 15 is 0 Å². The zero-order valence-electron chi connectivity index (χ0n) is 15.0. The van der Waals surface area contributed by atoms with Crippen molar-refractivity contribution in [2.75, 3.05) is 32.6 Å². The second kappa shape index (κ2) is 8.14. The van der Waals surface area contributed by atoms with E-state index in [1.807, 2.05) is 18.2 Å². The second-order valence-corrected chi connectivity index (χ2v) is 8.47. The highest BCUT2D eigenvalue weighted by molar-refractivity contribution is 7.90. The Hall–Kier alpha value is -2.67. The van der Waals surface area contributed by atoms with Gasteiger partial charge in [0.05, 0.1) is 5.75 Å². The van der Waals surface area contributed by atoms with Gasteiger partial charge in [-0.1, -0.05) is 30.3 Å². The number of hydrogen-bond donors (Lipinski definition) is 1. The Bertz CT molecular complexity index is 921. The van der Waals surface area contributed by atoms with Gasteiger partial charge in [0, 0.05) is 38.0 Å². The van der Waals surface area contributed by atoms with E-state index in [0.29, 0.717) is 11.1 Å². The predicted octanol–water partition coefficient (Wildman–Crippen LogP) is 1.83. The Balaban J connectivity index is 2.27. The molecule has 0 spiro atoms. The van der Waals surface area contributed by atoms with Crippen molar-refractivity contribution in [2.24, 2.45) is 0 Å². The average Bonchev–Trinajstić information content (AvgIpc) is 2.60. The molecule has 0 atom stereocenters. The molecule has 1 N–H and O–H groups in total. The lowest BCUT2D eigenvalue weighted by atomic mass is 9.97. The van der Waals surface area contributed by atoms with E-state index in [1.165, 1.54) is 4.90 Å². The molecular weight excluding hydrogens is 352 g/mol. The van der Waals surface area contributed by atoms with Crippen LogP contribution in [0.25, 0.3) is 11.1 Å². The topological polar surface area (TPSA) is 83.6 Å². The number of carbonyl (C=O) groups is 2. The molecule has 0 saturated carbocycles. The van der Waals surface area contributed by atoms with Gasteiger partial charge in [-0.05, 0) is 29.3 Å². The summed E-state index contributed by atoms with van der Waals surface area (Å²) < 4.78 is 22.3. The maximum atomic E-state index is 12.4. The number of benzene rings is 2. The molecule has 0 radical (unpaired) electrons. The molecule has 2 rings (SSSR count). The number of amides is 2. The van der Waals surface area contributed by atoms with Gasteiger partial charge in [0.2, 0.25) is 0 Å². The number of sulfone groups is 1. The van der Waals surface area contributed by atoms with E-state index in [2.05, 4.69) is 5.32 Å². The van der Waals surface area contributed by atoms with E-state index in [1.54, 1.807) is 44.4 Å². The maximum Gasteiger partial charge on any atom is 0.253 e. The minimum atomic E-state index is -3.13. The second-order valence-electron chi connectivity index (χ2n) is 6.21. The summed E-state index contributed by atoms with van der Waals surface area (Å²) in [7, 11) is 0.237. The van der Waals surface area contributed by atoms with Crippen molar-refractivity contribution in [2.45, 2.75) is 0 Å². The van der Waals surface area contributed by atoms with Crippen LogP contribution in [0.4, 0.5) is 0 Å². The molecule has 0 bridgehead atoms. The van der Waals surface area contributed by atoms with Crippen LogP contribution in [0.2, 0.25) is 0 Å². The summed E-state index contributed by atoms with van der Waals surface area (Å²) in [5.41, 5.74) is 2.43. The number of nitrogens with one attached hydrogen (secondary N) is 1. The predicted molar refractivity (Wildman–Crippen MR) is 102 cm³/mol. The van der Waals surface area contributed by atoms with Crippen LogP contribution in [0, 0.1) is 0 Å². The Kier molecular flexibility index (Phi) is 6.15. The van der Waals surface area contributed by atoms with Crippen molar-refractivity contribution in [1.29, 1.82) is 0 Å². The molecule has 2 amide bonds. The van der Waals surface area contributed by atoms with Crippen LogP contribution < -0.4 is 5.32 Å². The summed E-state index contributed by atoms with van der Waals surface area (Å²) in [5.74, 6) is -0.589. The summed E-state index contributed by atoms with van der Waals surface area (Å²) in [6.45, 7) is 0.0532. The molecule has 0 aromatic heterocycles. The molecule has 0 unspecified atom stereocenters. The van der Waals surface area contributed by atoms with Crippen LogP contribution in [0.3, 0.4) is 0 Å². The third-order valence-electron chi connectivity index (χ3n) is 3.76. The minimum Gasteiger partial charge on any atom is -0.351 e. The van der Waals surface area contributed by atoms with Gasteiger partial charge in [-0.15, -0.1) is 0 Å². The maximum absolute atomic E-state index is 12.4. The molecule has 0 aliphatic heterocycles. The van der Waals surface area contributed by atoms with Crippen LogP contribution >= 0.6 is 0 Å². The van der Waals surface area contributed by atoms with Crippen LogP contribution in [0.1, 0.15) is 20.7 Å². The van der Waals surface area contributed by atoms with Gasteiger partial charge >= 0.3 is 0 Å². The summed E-state index contributed by atoms with van der Waals surface area (Å²) in [5, 5.41) is 2.60. The molecule has 0 aliphatic carbocycles. The summed E-state index contributed by atoms with van der Waals surface area (Å²) in [4.78, 5) is 26.1. The normalized spacial score (nSPS) is 11.0. The molecule has 26 heavy (non-hydrogen) atoms. The SMILES string of the molecule is CN(C)C(=O)c1ccccc1-c1cccc(C(=O)NCCS(C)(=O)=O)c1. The van der Waals surface area contributed by atoms with Gasteiger partial charge in [0.25, 0.3) is 11.8 Å². The smallest absolute Gasteiger partial charge is 0.253 e. The molecule has 2 aromatic carbocycles. The molecule has 6 nitrogen and oxygen atoms in total. The zero-order chi connectivity index (χ0) is 19.3. The molecule has 2 aromatic rings. The summed E-state index contributed by atoms with van der Waals surface area (Å²) >= 11 is 0. The van der Waals surface area contributed by atoms with Crippen molar-refractivity contribution in [1.82, 2.24) is 10.2 Å². The van der Waals surface area contributed by atoms with Crippen molar-refractivity contribution in [3.63, 3.8) is 0 Å². The molecule has 0 aliphatic rings. The molecule has 0 fully saturated rings. The van der Waals surface area contributed by atoms with Crippen LogP contribution in [-0.2, 0) is 9.84 Å². The first-order valence-corrected chi connectivity index (χ1v) is 10.1. The largest absolute Gasteiger partial charge is 0.351 e. The van der Waals surface area contributed by atoms with Gasteiger partial charge in [0.1, 0.15) is 9.84 Å². The van der Waals surface area contributed by atoms with E-state index in [9.17, 15) is 18.0 Å². The van der Waals surface area contributed by atoms with Gasteiger partial charge in [-0.2, -0.15) is 0 Å². The highest BCUT2D eigenvalue weighted by Gasteiger charge is 2.15. The molecular formula is C19H22N2O4S. The number of hydrogen-bond acceptors (Lipinski definition) is 4. The quantitative estimate of drug-likeness (QED) is 0.836. The first-order valence-electron chi connectivity index (χ1n) is 8.06. The van der Waals surface area contributed by atoms with E-state index in [4.69, 9.17) is 0 Å². The number of rotatable bonds is 6. The fourth-order valence-corrected chi connectivity index (χ4v) is 2.92. The Labute approximate surface area is 153 Å². The minimum absolute atomic E-state index is 0.0532. The van der Waals surface area contributed by atoms with Crippen molar-refractivity contribution >= 4 is 21.7 Å². The van der Waals surface area contributed by atoms with Gasteiger partial charge < -0.3 is 10.2 Å².